The Morgan fingerprint density at radius 3 is 3.00 bits per heavy atom. The zero-order valence-electron chi connectivity index (χ0n) is 10.0. The molecule has 2 rings (SSSR count). The summed E-state index contributed by atoms with van der Waals surface area (Å²) in [5.74, 6) is 0.238. The second-order valence-corrected chi connectivity index (χ2v) is 5.15. The second kappa shape index (κ2) is 5.25. The van der Waals surface area contributed by atoms with Crippen molar-refractivity contribution >= 4 is 11.6 Å². The fourth-order valence-corrected chi connectivity index (χ4v) is 2.39. The smallest absolute Gasteiger partial charge is 0.121 e. The fraction of sp³-hybridized carbons (Fsp3) is 0.538. The molecule has 17 heavy (non-hydrogen) atoms. The van der Waals surface area contributed by atoms with Gasteiger partial charge >= 0.3 is 0 Å². The summed E-state index contributed by atoms with van der Waals surface area (Å²) in [4.78, 5) is 0. The maximum Gasteiger partial charge on any atom is 0.121 e. The van der Waals surface area contributed by atoms with Crippen LogP contribution in [-0.2, 0) is 11.3 Å². The van der Waals surface area contributed by atoms with Gasteiger partial charge in [0.1, 0.15) is 5.75 Å². The number of hydrogen-bond acceptors (Lipinski definition) is 3. The summed E-state index contributed by atoms with van der Waals surface area (Å²) in [7, 11) is 0. The average Bonchev–Trinajstić information content (AvgIpc) is 2.70. The van der Waals surface area contributed by atoms with Crippen molar-refractivity contribution in [3.05, 3.63) is 28.8 Å². The number of aromatic hydroxyl groups is 1. The number of hydrogen-bond donors (Lipinski definition) is 2. The molecule has 0 saturated carbocycles. The molecule has 1 aliphatic rings. The van der Waals surface area contributed by atoms with E-state index in [0.717, 1.165) is 31.6 Å². The molecule has 1 aromatic rings. The number of halogens is 1. The van der Waals surface area contributed by atoms with Crippen molar-refractivity contribution in [2.45, 2.75) is 31.9 Å². The van der Waals surface area contributed by atoms with Crippen molar-refractivity contribution in [1.82, 2.24) is 5.32 Å². The molecular formula is C13H18ClNO2. The molecule has 0 aliphatic carbocycles. The van der Waals surface area contributed by atoms with Crippen molar-refractivity contribution in [3.63, 3.8) is 0 Å². The lowest BCUT2D eigenvalue weighted by atomic mass is 10.0. The molecule has 4 heteroatoms. The maximum atomic E-state index is 9.69. The van der Waals surface area contributed by atoms with E-state index in [4.69, 9.17) is 16.3 Å². The minimum atomic E-state index is -0.0725. The summed E-state index contributed by atoms with van der Waals surface area (Å²) in [5.41, 5.74) is 0.674. The van der Waals surface area contributed by atoms with Gasteiger partial charge in [-0.3, -0.25) is 0 Å². The lowest BCUT2D eigenvalue weighted by molar-refractivity contribution is 0.0206. The number of rotatable bonds is 4. The van der Waals surface area contributed by atoms with Crippen LogP contribution in [0.2, 0.25) is 5.02 Å². The van der Waals surface area contributed by atoms with Gasteiger partial charge in [-0.15, -0.1) is 0 Å². The minimum absolute atomic E-state index is 0.0725. The van der Waals surface area contributed by atoms with E-state index in [2.05, 4.69) is 12.2 Å². The molecule has 2 N–H and O–H groups in total. The SMILES string of the molecule is CC1(CNCc2c(O)cccc2Cl)CCCO1. The van der Waals surface area contributed by atoms with Crippen LogP contribution in [0.4, 0.5) is 0 Å². The van der Waals surface area contributed by atoms with Gasteiger partial charge in [-0.1, -0.05) is 17.7 Å². The second-order valence-electron chi connectivity index (χ2n) is 4.74. The zero-order chi connectivity index (χ0) is 12.3. The highest BCUT2D eigenvalue weighted by Gasteiger charge is 2.29. The molecule has 0 radical (unpaired) electrons. The molecule has 1 heterocycles. The Hall–Kier alpha value is -0.770. The van der Waals surface area contributed by atoms with Crippen LogP contribution in [0.3, 0.4) is 0 Å². The maximum absolute atomic E-state index is 9.69. The van der Waals surface area contributed by atoms with Crippen LogP contribution in [-0.4, -0.2) is 23.9 Å². The first-order chi connectivity index (χ1) is 8.11. The molecule has 94 valence electrons. The van der Waals surface area contributed by atoms with Crippen LogP contribution in [0, 0.1) is 0 Å². The molecule has 1 fully saturated rings. The number of phenols is 1. The topological polar surface area (TPSA) is 41.5 Å². The highest BCUT2D eigenvalue weighted by Crippen LogP contribution is 2.26. The van der Waals surface area contributed by atoms with Gasteiger partial charge in [-0.05, 0) is 31.9 Å². The normalized spacial score (nSPS) is 24.1. The Kier molecular flexibility index (Phi) is 3.92. The molecule has 1 atom stereocenters. The monoisotopic (exact) mass is 255 g/mol. The van der Waals surface area contributed by atoms with Gasteiger partial charge in [0.25, 0.3) is 0 Å². The highest BCUT2D eigenvalue weighted by molar-refractivity contribution is 6.31. The Bertz CT molecular complexity index is 369. The van der Waals surface area contributed by atoms with Gasteiger partial charge in [0.2, 0.25) is 0 Å². The van der Waals surface area contributed by atoms with Gasteiger partial charge < -0.3 is 15.2 Å². The standard InChI is InChI=1S/C13H18ClNO2/c1-13(6-3-7-17-13)9-15-8-10-11(14)4-2-5-12(10)16/h2,4-5,15-16H,3,6-9H2,1H3. The van der Waals surface area contributed by atoms with E-state index < -0.39 is 0 Å². The van der Waals surface area contributed by atoms with Crippen LogP contribution >= 0.6 is 11.6 Å². The summed E-state index contributed by atoms with van der Waals surface area (Å²) in [5, 5.41) is 13.6. The van der Waals surface area contributed by atoms with Crippen molar-refractivity contribution in [2.24, 2.45) is 0 Å². The molecule has 1 aliphatic heterocycles. The van der Waals surface area contributed by atoms with Crippen molar-refractivity contribution < 1.29 is 9.84 Å². The van der Waals surface area contributed by atoms with E-state index in [-0.39, 0.29) is 11.4 Å². The minimum Gasteiger partial charge on any atom is -0.508 e. The van der Waals surface area contributed by atoms with Gasteiger partial charge in [-0.2, -0.15) is 0 Å². The van der Waals surface area contributed by atoms with Crippen molar-refractivity contribution in [1.29, 1.82) is 0 Å². The first kappa shape index (κ1) is 12.7. The largest absolute Gasteiger partial charge is 0.508 e. The van der Waals surface area contributed by atoms with Crippen molar-refractivity contribution in [3.8, 4) is 5.75 Å². The molecule has 3 nitrogen and oxygen atoms in total. The Labute approximate surface area is 107 Å². The summed E-state index contributed by atoms with van der Waals surface area (Å²) in [6.07, 6.45) is 2.20. The van der Waals surface area contributed by atoms with E-state index >= 15 is 0 Å². The van der Waals surface area contributed by atoms with Crippen molar-refractivity contribution in [2.75, 3.05) is 13.2 Å². The van der Waals surface area contributed by atoms with Crippen LogP contribution in [0.25, 0.3) is 0 Å². The van der Waals surface area contributed by atoms with Crippen LogP contribution < -0.4 is 5.32 Å². The number of nitrogens with one attached hydrogen (secondary N) is 1. The van der Waals surface area contributed by atoms with Crippen LogP contribution in [0.15, 0.2) is 18.2 Å². The van der Waals surface area contributed by atoms with Crippen LogP contribution in [0.5, 0.6) is 5.75 Å². The Morgan fingerprint density at radius 1 is 1.53 bits per heavy atom. The van der Waals surface area contributed by atoms with Crippen LogP contribution in [0.1, 0.15) is 25.3 Å². The van der Waals surface area contributed by atoms with Gasteiger partial charge in [0, 0.05) is 30.3 Å². The van der Waals surface area contributed by atoms with Gasteiger partial charge in [-0.25, -0.2) is 0 Å². The van der Waals surface area contributed by atoms with E-state index in [1.165, 1.54) is 0 Å². The summed E-state index contributed by atoms with van der Waals surface area (Å²) >= 11 is 6.03. The number of benzene rings is 1. The third kappa shape index (κ3) is 3.12. The summed E-state index contributed by atoms with van der Waals surface area (Å²) in [6.45, 7) is 4.29. The summed E-state index contributed by atoms with van der Waals surface area (Å²) in [6, 6.07) is 5.17. The number of ether oxygens (including phenoxy) is 1. The Balaban J connectivity index is 1.90. The molecule has 0 amide bonds. The van der Waals surface area contributed by atoms with E-state index in [1.807, 2.05) is 0 Å². The quantitative estimate of drug-likeness (QED) is 0.869. The lowest BCUT2D eigenvalue weighted by Crippen LogP contribution is -2.36. The molecule has 1 aromatic carbocycles. The van der Waals surface area contributed by atoms with Gasteiger partial charge in [0.05, 0.1) is 5.60 Å². The molecule has 0 bridgehead atoms. The molecule has 0 spiro atoms. The molecular weight excluding hydrogens is 238 g/mol. The van der Waals surface area contributed by atoms with E-state index in [0.29, 0.717) is 11.6 Å². The first-order valence-electron chi connectivity index (χ1n) is 5.92. The molecule has 0 aromatic heterocycles. The predicted molar refractivity (Wildman–Crippen MR) is 68.4 cm³/mol. The third-order valence-corrected chi connectivity index (χ3v) is 3.55. The zero-order valence-corrected chi connectivity index (χ0v) is 10.8. The van der Waals surface area contributed by atoms with Gasteiger partial charge in [0.15, 0.2) is 0 Å². The predicted octanol–water partition coefficient (Wildman–Crippen LogP) is 2.70. The highest BCUT2D eigenvalue weighted by atomic mass is 35.5. The fourth-order valence-electron chi connectivity index (χ4n) is 2.15. The summed E-state index contributed by atoms with van der Waals surface area (Å²) < 4.78 is 5.68. The molecule has 1 unspecified atom stereocenters. The lowest BCUT2D eigenvalue weighted by Gasteiger charge is -2.23. The third-order valence-electron chi connectivity index (χ3n) is 3.20. The van der Waals surface area contributed by atoms with E-state index in [1.54, 1.807) is 18.2 Å². The van der Waals surface area contributed by atoms with E-state index in [9.17, 15) is 5.11 Å². The number of phenolic OH excluding ortho intramolecular Hbond substituents is 1. The molecule has 1 saturated heterocycles. The first-order valence-corrected chi connectivity index (χ1v) is 6.30. The average molecular weight is 256 g/mol. The Morgan fingerprint density at radius 2 is 2.35 bits per heavy atom.